The van der Waals surface area contributed by atoms with Crippen molar-refractivity contribution >= 4 is 0 Å². The first kappa shape index (κ1) is 13.2. The Morgan fingerprint density at radius 2 is 1.81 bits per heavy atom. The van der Waals surface area contributed by atoms with Gasteiger partial charge in [-0.1, -0.05) is 44.2 Å². The molecule has 0 fully saturated rings. The van der Waals surface area contributed by atoms with Gasteiger partial charge in [-0.2, -0.15) is 0 Å². The highest BCUT2D eigenvalue weighted by Gasteiger charge is 2.15. The third-order valence-corrected chi connectivity index (χ3v) is 3.02. The quantitative estimate of drug-likeness (QED) is 0.798. The van der Waals surface area contributed by atoms with Gasteiger partial charge < -0.3 is 10.6 Å². The van der Waals surface area contributed by atoms with Crippen molar-refractivity contribution in [2.45, 2.75) is 26.8 Å². The summed E-state index contributed by atoms with van der Waals surface area (Å²) in [5, 5.41) is 0. The average molecular weight is 220 g/mol. The average Bonchev–Trinajstić information content (AvgIpc) is 2.28. The molecule has 0 aliphatic carbocycles. The maximum absolute atomic E-state index is 5.73. The van der Waals surface area contributed by atoms with Gasteiger partial charge in [-0.05, 0) is 37.5 Å². The highest BCUT2D eigenvalue weighted by atomic mass is 15.1. The first-order chi connectivity index (χ1) is 7.53. The van der Waals surface area contributed by atoms with Crippen LogP contribution in [0.2, 0.25) is 0 Å². The Morgan fingerprint density at radius 3 is 2.38 bits per heavy atom. The zero-order valence-corrected chi connectivity index (χ0v) is 10.7. The number of benzene rings is 1. The molecule has 0 saturated heterocycles. The Bertz CT molecular complexity index is 293. The Balaban J connectivity index is 2.34. The highest BCUT2D eigenvalue weighted by molar-refractivity contribution is 5.14. The van der Waals surface area contributed by atoms with E-state index in [1.807, 2.05) is 0 Å². The minimum atomic E-state index is 0.255. The first-order valence-electron chi connectivity index (χ1n) is 5.96. The van der Waals surface area contributed by atoms with Crippen molar-refractivity contribution in [2.24, 2.45) is 11.1 Å². The van der Waals surface area contributed by atoms with E-state index < -0.39 is 0 Å². The molecule has 0 spiro atoms. The van der Waals surface area contributed by atoms with Crippen molar-refractivity contribution in [1.29, 1.82) is 0 Å². The molecule has 0 saturated carbocycles. The molecule has 90 valence electrons. The lowest BCUT2D eigenvalue weighted by atomic mass is 9.89. The van der Waals surface area contributed by atoms with E-state index in [2.05, 4.69) is 56.1 Å². The molecule has 0 radical (unpaired) electrons. The van der Waals surface area contributed by atoms with E-state index in [1.54, 1.807) is 0 Å². The molecular weight excluding hydrogens is 196 g/mol. The van der Waals surface area contributed by atoms with Crippen LogP contribution in [-0.2, 0) is 6.54 Å². The van der Waals surface area contributed by atoms with Gasteiger partial charge in [-0.3, -0.25) is 0 Å². The Labute approximate surface area is 99.5 Å². The van der Waals surface area contributed by atoms with Crippen molar-refractivity contribution in [3.63, 3.8) is 0 Å². The monoisotopic (exact) mass is 220 g/mol. The predicted octanol–water partition coefficient (Wildman–Crippen LogP) is 2.49. The van der Waals surface area contributed by atoms with Crippen molar-refractivity contribution in [2.75, 3.05) is 20.1 Å². The van der Waals surface area contributed by atoms with Crippen LogP contribution in [-0.4, -0.2) is 25.0 Å². The molecule has 0 aliphatic rings. The summed E-state index contributed by atoms with van der Waals surface area (Å²) >= 11 is 0. The Hall–Kier alpha value is -0.860. The van der Waals surface area contributed by atoms with Crippen molar-refractivity contribution in [3.8, 4) is 0 Å². The molecule has 0 unspecified atom stereocenters. The minimum Gasteiger partial charge on any atom is -0.330 e. The van der Waals surface area contributed by atoms with Crippen molar-refractivity contribution in [1.82, 2.24) is 4.90 Å². The zero-order valence-electron chi connectivity index (χ0n) is 10.7. The molecule has 1 rings (SSSR count). The van der Waals surface area contributed by atoms with Crippen LogP contribution in [0.15, 0.2) is 30.3 Å². The molecule has 1 aromatic rings. The molecule has 0 heterocycles. The maximum atomic E-state index is 5.73. The van der Waals surface area contributed by atoms with Gasteiger partial charge in [0.1, 0.15) is 0 Å². The van der Waals surface area contributed by atoms with Crippen molar-refractivity contribution < 1.29 is 0 Å². The van der Waals surface area contributed by atoms with Gasteiger partial charge in [-0.15, -0.1) is 0 Å². The summed E-state index contributed by atoms with van der Waals surface area (Å²) in [6.07, 6.45) is 1.15. The van der Waals surface area contributed by atoms with Crippen LogP contribution in [0, 0.1) is 5.41 Å². The van der Waals surface area contributed by atoms with Gasteiger partial charge in [0, 0.05) is 6.54 Å². The molecule has 2 heteroatoms. The lowest BCUT2D eigenvalue weighted by molar-refractivity contribution is 0.249. The topological polar surface area (TPSA) is 29.3 Å². The Morgan fingerprint density at radius 1 is 1.19 bits per heavy atom. The van der Waals surface area contributed by atoms with E-state index in [0.29, 0.717) is 0 Å². The summed E-state index contributed by atoms with van der Waals surface area (Å²) < 4.78 is 0. The van der Waals surface area contributed by atoms with E-state index in [0.717, 1.165) is 26.1 Å². The van der Waals surface area contributed by atoms with Crippen LogP contribution in [0.5, 0.6) is 0 Å². The lowest BCUT2D eigenvalue weighted by Crippen LogP contribution is -2.29. The molecular formula is C14H24N2. The fourth-order valence-electron chi connectivity index (χ4n) is 1.57. The Kier molecular flexibility index (Phi) is 4.97. The van der Waals surface area contributed by atoms with Gasteiger partial charge >= 0.3 is 0 Å². The highest BCUT2D eigenvalue weighted by Crippen LogP contribution is 2.18. The van der Waals surface area contributed by atoms with E-state index in [9.17, 15) is 0 Å². The zero-order chi connectivity index (χ0) is 12.0. The first-order valence-corrected chi connectivity index (χ1v) is 5.96. The number of hydrogen-bond donors (Lipinski definition) is 1. The van der Waals surface area contributed by atoms with Crippen LogP contribution in [0.25, 0.3) is 0 Å². The molecule has 2 nitrogen and oxygen atoms in total. The van der Waals surface area contributed by atoms with E-state index >= 15 is 0 Å². The number of nitrogens with two attached hydrogens (primary N) is 1. The summed E-state index contributed by atoms with van der Waals surface area (Å²) in [4.78, 5) is 2.35. The second-order valence-corrected chi connectivity index (χ2v) is 5.34. The number of hydrogen-bond acceptors (Lipinski definition) is 2. The van der Waals surface area contributed by atoms with E-state index in [4.69, 9.17) is 5.73 Å². The van der Waals surface area contributed by atoms with E-state index in [1.165, 1.54) is 5.56 Å². The standard InChI is InChI=1S/C14H24N2/c1-14(2,12-15)9-10-16(3)11-13-7-5-4-6-8-13/h4-8H,9-12,15H2,1-3H3. The van der Waals surface area contributed by atoms with Gasteiger partial charge in [0.05, 0.1) is 0 Å². The van der Waals surface area contributed by atoms with Gasteiger partial charge in [-0.25, -0.2) is 0 Å². The van der Waals surface area contributed by atoms with Crippen LogP contribution in [0.1, 0.15) is 25.8 Å². The minimum absolute atomic E-state index is 0.255. The van der Waals surface area contributed by atoms with Crippen LogP contribution >= 0.6 is 0 Å². The summed E-state index contributed by atoms with van der Waals surface area (Å²) in [6, 6.07) is 10.6. The number of nitrogens with zero attached hydrogens (tertiary/aromatic N) is 1. The van der Waals surface area contributed by atoms with Gasteiger partial charge in [0.15, 0.2) is 0 Å². The smallest absolute Gasteiger partial charge is 0.0230 e. The second-order valence-electron chi connectivity index (χ2n) is 5.34. The third kappa shape index (κ3) is 4.77. The van der Waals surface area contributed by atoms with Crippen LogP contribution in [0.3, 0.4) is 0 Å². The van der Waals surface area contributed by atoms with Crippen molar-refractivity contribution in [3.05, 3.63) is 35.9 Å². The van der Waals surface area contributed by atoms with Crippen LogP contribution < -0.4 is 5.73 Å². The van der Waals surface area contributed by atoms with Gasteiger partial charge in [0.2, 0.25) is 0 Å². The second kappa shape index (κ2) is 6.02. The summed E-state index contributed by atoms with van der Waals surface area (Å²) in [6.45, 7) is 7.32. The summed E-state index contributed by atoms with van der Waals surface area (Å²) in [5.41, 5.74) is 7.35. The molecule has 0 amide bonds. The predicted molar refractivity (Wildman–Crippen MR) is 70.2 cm³/mol. The molecule has 0 aliphatic heterocycles. The molecule has 16 heavy (non-hydrogen) atoms. The van der Waals surface area contributed by atoms with Gasteiger partial charge in [0.25, 0.3) is 0 Å². The molecule has 1 aromatic carbocycles. The molecule has 0 bridgehead atoms. The molecule has 0 aromatic heterocycles. The third-order valence-electron chi connectivity index (χ3n) is 3.02. The summed E-state index contributed by atoms with van der Waals surface area (Å²) in [5.74, 6) is 0. The molecule has 2 N–H and O–H groups in total. The molecule has 0 atom stereocenters. The van der Waals surface area contributed by atoms with E-state index in [-0.39, 0.29) is 5.41 Å². The lowest BCUT2D eigenvalue weighted by Gasteiger charge is -2.26. The fourth-order valence-corrected chi connectivity index (χ4v) is 1.57. The SMILES string of the molecule is CN(CCC(C)(C)CN)Cc1ccccc1. The number of rotatable bonds is 6. The maximum Gasteiger partial charge on any atom is 0.0230 e. The summed E-state index contributed by atoms with van der Waals surface area (Å²) in [7, 11) is 2.17. The van der Waals surface area contributed by atoms with Crippen LogP contribution in [0.4, 0.5) is 0 Å². The normalized spacial score (nSPS) is 12.1. The fraction of sp³-hybridized carbons (Fsp3) is 0.571. The largest absolute Gasteiger partial charge is 0.330 e.